The minimum Gasteiger partial charge on any atom is -0.491 e. The van der Waals surface area contributed by atoms with Crippen LogP contribution < -0.4 is 15.2 Å². The lowest BCUT2D eigenvalue weighted by atomic mass is 10.1. The number of aryl methyl sites for hydroxylation is 1. The molecular formula is C16H20N2O5. The minimum atomic E-state index is -0.151. The minimum absolute atomic E-state index is 0.151. The van der Waals surface area contributed by atoms with Gasteiger partial charge in [0.25, 0.3) is 5.91 Å². The Morgan fingerprint density at radius 3 is 2.48 bits per heavy atom. The monoisotopic (exact) mass is 320 g/mol. The summed E-state index contributed by atoms with van der Waals surface area (Å²) in [7, 11) is 3.02. The zero-order valence-electron chi connectivity index (χ0n) is 13.5. The lowest BCUT2D eigenvalue weighted by Gasteiger charge is -2.26. The molecule has 3 rings (SSSR count). The Balaban J connectivity index is 2.12. The Hall–Kier alpha value is -2.41. The SMILES string of the molecule is COc1c(N)cc2c(C)c(C(=O)N3CCOCC3)oc2c1OC. The number of fused-ring (bicyclic) bond motifs is 1. The Bertz CT molecular complexity index is 747. The highest BCUT2D eigenvalue weighted by Crippen LogP contribution is 2.43. The van der Waals surface area contributed by atoms with E-state index >= 15 is 0 Å². The number of hydrogen-bond acceptors (Lipinski definition) is 6. The molecule has 124 valence electrons. The van der Waals surface area contributed by atoms with Crippen molar-refractivity contribution in [1.82, 2.24) is 4.90 Å². The zero-order chi connectivity index (χ0) is 16.6. The molecule has 1 fully saturated rings. The topological polar surface area (TPSA) is 87.2 Å². The molecule has 7 heteroatoms. The standard InChI is InChI=1S/C16H20N2O5/c1-9-10-8-11(17)14(20-2)15(21-3)13(10)23-12(9)16(19)18-4-6-22-7-5-18/h8H,4-7,17H2,1-3H3. The molecular weight excluding hydrogens is 300 g/mol. The van der Waals surface area contributed by atoms with Gasteiger partial charge in [-0.3, -0.25) is 4.79 Å². The molecule has 1 aromatic heterocycles. The summed E-state index contributed by atoms with van der Waals surface area (Å²) in [5.41, 5.74) is 7.65. The fourth-order valence-electron chi connectivity index (χ4n) is 2.83. The summed E-state index contributed by atoms with van der Waals surface area (Å²) in [5.74, 6) is 0.945. The van der Waals surface area contributed by atoms with Gasteiger partial charge >= 0.3 is 0 Å². The fraction of sp³-hybridized carbons (Fsp3) is 0.438. The number of nitrogen functional groups attached to an aromatic ring is 1. The van der Waals surface area contributed by atoms with E-state index in [1.54, 1.807) is 11.0 Å². The molecule has 1 amide bonds. The third kappa shape index (κ3) is 2.46. The van der Waals surface area contributed by atoms with Crippen LogP contribution in [0.1, 0.15) is 16.1 Å². The van der Waals surface area contributed by atoms with E-state index in [0.29, 0.717) is 54.8 Å². The molecule has 0 bridgehead atoms. The van der Waals surface area contributed by atoms with Crippen molar-refractivity contribution in [2.75, 3.05) is 46.3 Å². The van der Waals surface area contributed by atoms with E-state index in [0.717, 1.165) is 10.9 Å². The summed E-state index contributed by atoms with van der Waals surface area (Å²) >= 11 is 0. The largest absolute Gasteiger partial charge is 0.491 e. The number of rotatable bonds is 3. The number of methoxy groups -OCH3 is 2. The second kappa shape index (κ2) is 6.00. The van der Waals surface area contributed by atoms with Gasteiger partial charge in [-0.1, -0.05) is 0 Å². The summed E-state index contributed by atoms with van der Waals surface area (Å²) in [4.78, 5) is 14.4. The first-order valence-corrected chi connectivity index (χ1v) is 7.39. The van der Waals surface area contributed by atoms with Gasteiger partial charge in [0, 0.05) is 24.0 Å². The summed E-state index contributed by atoms with van der Waals surface area (Å²) in [6, 6.07) is 1.74. The second-order valence-corrected chi connectivity index (χ2v) is 5.37. The van der Waals surface area contributed by atoms with Gasteiger partial charge in [-0.2, -0.15) is 0 Å². The van der Waals surface area contributed by atoms with Crippen molar-refractivity contribution in [2.24, 2.45) is 0 Å². The summed E-state index contributed by atoms with van der Waals surface area (Å²) in [6.07, 6.45) is 0. The van der Waals surface area contributed by atoms with Crippen LogP contribution in [0.15, 0.2) is 10.5 Å². The molecule has 0 atom stereocenters. The van der Waals surface area contributed by atoms with Crippen molar-refractivity contribution < 1.29 is 23.4 Å². The number of nitrogens with zero attached hydrogens (tertiary/aromatic N) is 1. The highest BCUT2D eigenvalue weighted by Gasteiger charge is 2.27. The van der Waals surface area contributed by atoms with Crippen molar-refractivity contribution in [2.45, 2.75) is 6.92 Å². The van der Waals surface area contributed by atoms with Crippen LogP contribution in [0.3, 0.4) is 0 Å². The van der Waals surface area contributed by atoms with E-state index in [-0.39, 0.29) is 5.91 Å². The van der Waals surface area contributed by atoms with Gasteiger partial charge in [-0.15, -0.1) is 0 Å². The van der Waals surface area contributed by atoms with E-state index in [1.807, 2.05) is 6.92 Å². The summed E-state index contributed by atoms with van der Waals surface area (Å²) in [6.45, 7) is 4.02. The number of carbonyl (C=O) groups is 1. The zero-order valence-corrected chi connectivity index (χ0v) is 13.5. The van der Waals surface area contributed by atoms with Gasteiger partial charge < -0.3 is 29.3 Å². The molecule has 23 heavy (non-hydrogen) atoms. The molecule has 0 spiro atoms. The normalized spacial score (nSPS) is 15.0. The van der Waals surface area contributed by atoms with Crippen molar-refractivity contribution in [1.29, 1.82) is 0 Å². The molecule has 7 nitrogen and oxygen atoms in total. The molecule has 1 aliphatic heterocycles. The van der Waals surface area contributed by atoms with Crippen LogP contribution in [0.25, 0.3) is 11.0 Å². The molecule has 1 aromatic carbocycles. The summed E-state index contributed by atoms with van der Waals surface area (Å²) in [5, 5.41) is 0.747. The van der Waals surface area contributed by atoms with Crippen LogP contribution >= 0.6 is 0 Å². The van der Waals surface area contributed by atoms with Gasteiger partial charge in [0.15, 0.2) is 17.1 Å². The maximum atomic E-state index is 12.7. The lowest BCUT2D eigenvalue weighted by molar-refractivity contribution is 0.0283. The number of nitrogens with two attached hydrogens (primary N) is 1. The molecule has 0 aliphatic carbocycles. The smallest absolute Gasteiger partial charge is 0.290 e. The van der Waals surface area contributed by atoms with Crippen molar-refractivity contribution in [3.63, 3.8) is 0 Å². The van der Waals surface area contributed by atoms with E-state index in [1.165, 1.54) is 14.2 Å². The second-order valence-electron chi connectivity index (χ2n) is 5.37. The number of amides is 1. The average Bonchev–Trinajstić information content (AvgIpc) is 2.90. The van der Waals surface area contributed by atoms with E-state index < -0.39 is 0 Å². The maximum absolute atomic E-state index is 12.7. The van der Waals surface area contributed by atoms with Gasteiger partial charge in [0.1, 0.15) is 0 Å². The molecule has 2 aromatic rings. The van der Waals surface area contributed by atoms with Crippen molar-refractivity contribution in [3.8, 4) is 11.5 Å². The number of benzene rings is 1. The van der Waals surface area contributed by atoms with Gasteiger partial charge in [-0.05, 0) is 13.0 Å². The molecule has 2 N–H and O–H groups in total. The third-order valence-electron chi connectivity index (χ3n) is 4.07. The number of anilines is 1. The number of hydrogen-bond donors (Lipinski definition) is 1. The predicted octanol–water partition coefficient (Wildman–Crippen LogP) is 1.81. The van der Waals surface area contributed by atoms with E-state index in [2.05, 4.69) is 0 Å². The van der Waals surface area contributed by atoms with Gasteiger partial charge in [0.05, 0.1) is 33.1 Å². The van der Waals surface area contributed by atoms with Crippen LogP contribution in [-0.4, -0.2) is 51.3 Å². The summed E-state index contributed by atoms with van der Waals surface area (Å²) < 4.78 is 21.8. The number of morpholine rings is 1. The van der Waals surface area contributed by atoms with Gasteiger partial charge in [0.2, 0.25) is 5.75 Å². The molecule has 2 heterocycles. The van der Waals surface area contributed by atoms with Crippen LogP contribution in [0.4, 0.5) is 5.69 Å². The Kier molecular flexibility index (Phi) is 4.04. The van der Waals surface area contributed by atoms with Crippen molar-refractivity contribution in [3.05, 3.63) is 17.4 Å². The first kappa shape index (κ1) is 15.5. The predicted molar refractivity (Wildman–Crippen MR) is 85.2 cm³/mol. The number of furan rings is 1. The molecule has 1 saturated heterocycles. The van der Waals surface area contributed by atoms with Crippen LogP contribution in [0, 0.1) is 6.92 Å². The van der Waals surface area contributed by atoms with Crippen LogP contribution in [0.5, 0.6) is 11.5 Å². The Labute approximate surface area is 133 Å². The molecule has 0 saturated carbocycles. The quantitative estimate of drug-likeness (QED) is 0.868. The van der Waals surface area contributed by atoms with Crippen LogP contribution in [-0.2, 0) is 4.74 Å². The Morgan fingerprint density at radius 1 is 1.22 bits per heavy atom. The maximum Gasteiger partial charge on any atom is 0.290 e. The first-order valence-electron chi connectivity index (χ1n) is 7.39. The Morgan fingerprint density at radius 2 is 1.87 bits per heavy atom. The van der Waals surface area contributed by atoms with Crippen LogP contribution in [0.2, 0.25) is 0 Å². The van der Waals surface area contributed by atoms with Crippen molar-refractivity contribution >= 4 is 22.6 Å². The van der Waals surface area contributed by atoms with Gasteiger partial charge in [-0.25, -0.2) is 0 Å². The highest BCUT2D eigenvalue weighted by atomic mass is 16.5. The average molecular weight is 320 g/mol. The lowest BCUT2D eigenvalue weighted by Crippen LogP contribution is -2.40. The molecule has 0 unspecified atom stereocenters. The highest BCUT2D eigenvalue weighted by molar-refractivity contribution is 6.02. The molecule has 0 radical (unpaired) electrons. The van der Waals surface area contributed by atoms with E-state index in [4.69, 9.17) is 24.4 Å². The fourth-order valence-corrected chi connectivity index (χ4v) is 2.83. The molecule has 1 aliphatic rings. The number of ether oxygens (including phenoxy) is 3. The first-order chi connectivity index (χ1) is 11.1. The third-order valence-corrected chi connectivity index (χ3v) is 4.07. The van der Waals surface area contributed by atoms with E-state index in [9.17, 15) is 4.79 Å². The number of carbonyl (C=O) groups excluding carboxylic acids is 1.